The summed E-state index contributed by atoms with van der Waals surface area (Å²) < 4.78 is 16.1. The molecule has 2 N–H and O–H groups in total. The number of hydrogen-bond acceptors (Lipinski definition) is 2. The predicted octanol–water partition coefficient (Wildman–Crippen LogP) is 4.13. The van der Waals surface area contributed by atoms with Gasteiger partial charge in [-0.15, -0.1) is 0 Å². The molecule has 1 saturated carbocycles. The molecule has 0 bridgehead atoms. The summed E-state index contributed by atoms with van der Waals surface area (Å²) in [6, 6.07) is 3.58. The SMILES string of the molecule is CC1CCC(n2c(N)nc3cc(F)c(Br)cc32)C1C. The summed E-state index contributed by atoms with van der Waals surface area (Å²) >= 11 is 3.24. The zero-order valence-corrected chi connectivity index (χ0v) is 12.6. The lowest BCUT2D eigenvalue weighted by Crippen LogP contribution is -2.16. The number of nitrogen functional groups attached to an aromatic ring is 1. The monoisotopic (exact) mass is 325 g/mol. The van der Waals surface area contributed by atoms with Gasteiger partial charge in [0, 0.05) is 12.1 Å². The van der Waals surface area contributed by atoms with E-state index < -0.39 is 0 Å². The van der Waals surface area contributed by atoms with E-state index in [1.807, 2.05) is 0 Å². The minimum atomic E-state index is -0.301. The molecule has 1 aromatic carbocycles. The highest BCUT2D eigenvalue weighted by molar-refractivity contribution is 9.10. The van der Waals surface area contributed by atoms with Crippen molar-refractivity contribution in [2.45, 2.75) is 32.7 Å². The fourth-order valence-corrected chi connectivity index (χ4v) is 3.49. The van der Waals surface area contributed by atoms with Crippen molar-refractivity contribution in [3.05, 3.63) is 22.4 Å². The molecule has 0 spiro atoms. The highest BCUT2D eigenvalue weighted by atomic mass is 79.9. The van der Waals surface area contributed by atoms with Gasteiger partial charge in [-0.3, -0.25) is 0 Å². The van der Waals surface area contributed by atoms with E-state index >= 15 is 0 Å². The number of hydrogen-bond donors (Lipinski definition) is 1. The van der Waals surface area contributed by atoms with Gasteiger partial charge in [-0.05, 0) is 46.7 Å². The maximum absolute atomic E-state index is 13.6. The molecule has 3 unspecified atom stereocenters. The lowest BCUT2D eigenvalue weighted by molar-refractivity contribution is 0.361. The fraction of sp³-hybridized carbons (Fsp3) is 0.500. The Balaban J connectivity index is 2.18. The van der Waals surface area contributed by atoms with Crippen LogP contribution in [0, 0.1) is 17.7 Å². The molecule has 1 aliphatic rings. The molecule has 0 saturated heterocycles. The molecular weight excluding hydrogens is 309 g/mol. The number of aromatic nitrogens is 2. The molecule has 1 aliphatic carbocycles. The van der Waals surface area contributed by atoms with Crippen LogP contribution < -0.4 is 5.73 Å². The zero-order chi connectivity index (χ0) is 13.7. The molecule has 5 heteroatoms. The van der Waals surface area contributed by atoms with E-state index in [2.05, 4.69) is 39.3 Å². The Morgan fingerprint density at radius 3 is 2.74 bits per heavy atom. The van der Waals surface area contributed by atoms with Crippen molar-refractivity contribution < 1.29 is 4.39 Å². The normalized spacial score (nSPS) is 27.3. The van der Waals surface area contributed by atoms with Crippen molar-refractivity contribution in [1.29, 1.82) is 0 Å². The van der Waals surface area contributed by atoms with Crippen LogP contribution in [-0.4, -0.2) is 9.55 Å². The third-order valence-electron chi connectivity index (χ3n) is 4.51. The van der Waals surface area contributed by atoms with E-state index in [-0.39, 0.29) is 5.82 Å². The number of nitrogens with zero attached hydrogens (tertiary/aromatic N) is 2. The maximum atomic E-state index is 13.6. The lowest BCUT2D eigenvalue weighted by Gasteiger charge is -2.21. The Morgan fingerprint density at radius 2 is 2.11 bits per heavy atom. The first-order valence-electron chi connectivity index (χ1n) is 6.61. The van der Waals surface area contributed by atoms with Gasteiger partial charge in [0.25, 0.3) is 0 Å². The van der Waals surface area contributed by atoms with Gasteiger partial charge in [-0.1, -0.05) is 13.8 Å². The summed E-state index contributed by atoms with van der Waals surface area (Å²) in [5.41, 5.74) is 7.60. The Kier molecular flexibility index (Phi) is 3.04. The second-order valence-corrected chi connectivity index (χ2v) is 6.43. The first kappa shape index (κ1) is 12.9. The molecule has 3 rings (SSSR count). The van der Waals surface area contributed by atoms with E-state index in [9.17, 15) is 4.39 Å². The van der Waals surface area contributed by atoms with Crippen molar-refractivity contribution in [1.82, 2.24) is 9.55 Å². The zero-order valence-electron chi connectivity index (χ0n) is 11.0. The number of fused-ring (bicyclic) bond motifs is 1. The topological polar surface area (TPSA) is 43.8 Å². The Labute approximate surface area is 120 Å². The molecule has 102 valence electrons. The summed E-state index contributed by atoms with van der Waals surface area (Å²) in [5, 5.41) is 0. The Hall–Kier alpha value is -1.10. The van der Waals surface area contributed by atoms with Crippen LogP contribution in [0.15, 0.2) is 16.6 Å². The van der Waals surface area contributed by atoms with E-state index in [1.54, 1.807) is 6.07 Å². The second kappa shape index (κ2) is 4.47. The van der Waals surface area contributed by atoms with Gasteiger partial charge in [-0.2, -0.15) is 0 Å². The van der Waals surface area contributed by atoms with Gasteiger partial charge in [0.15, 0.2) is 0 Å². The van der Waals surface area contributed by atoms with Gasteiger partial charge < -0.3 is 10.3 Å². The van der Waals surface area contributed by atoms with E-state index in [4.69, 9.17) is 5.73 Å². The van der Waals surface area contributed by atoms with Gasteiger partial charge in [-0.25, -0.2) is 9.37 Å². The molecule has 2 aromatic rings. The molecule has 0 radical (unpaired) electrons. The van der Waals surface area contributed by atoms with Crippen molar-refractivity contribution >= 4 is 32.9 Å². The molecule has 1 heterocycles. The average molecular weight is 326 g/mol. The third-order valence-corrected chi connectivity index (χ3v) is 5.12. The van der Waals surface area contributed by atoms with Crippen molar-refractivity contribution in [3.63, 3.8) is 0 Å². The van der Waals surface area contributed by atoms with Crippen LogP contribution in [0.2, 0.25) is 0 Å². The van der Waals surface area contributed by atoms with Crippen LogP contribution >= 0.6 is 15.9 Å². The molecule has 1 aromatic heterocycles. The van der Waals surface area contributed by atoms with E-state index in [1.165, 1.54) is 12.5 Å². The number of benzene rings is 1. The highest BCUT2D eigenvalue weighted by Crippen LogP contribution is 2.42. The molecule has 19 heavy (non-hydrogen) atoms. The largest absolute Gasteiger partial charge is 0.369 e. The first-order chi connectivity index (χ1) is 8.99. The summed E-state index contributed by atoms with van der Waals surface area (Å²) in [4.78, 5) is 4.30. The summed E-state index contributed by atoms with van der Waals surface area (Å²) in [6.45, 7) is 4.53. The van der Waals surface area contributed by atoms with Crippen LogP contribution in [0.5, 0.6) is 0 Å². The Bertz CT molecular complexity index is 637. The molecule has 0 amide bonds. The fourth-order valence-electron chi connectivity index (χ4n) is 3.16. The summed E-state index contributed by atoms with van der Waals surface area (Å²) in [7, 11) is 0. The van der Waals surface area contributed by atoms with Crippen LogP contribution in [-0.2, 0) is 0 Å². The quantitative estimate of drug-likeness (QED) is 0.856. The van der Waals surface area contributed by atoms with Crippen molar-refractivity contribution in [2.75, 3.05) is 5.73 Å². The Morgan fingerprint density at radius 1 is 1.37 bits per heavy atom. The number of anilines is 1. The smallest absolute Gasteiger partial charge is 0.201 e. The molecule has 3 atom stereocenters. The summed E-state index contributed by atoms with van der Waals surface area (Å²) in [5.74, 6) is 1.43. The van der Waals surface area contributed by atoms with Crippen molar-refractivity contribution in [2.24, 2.45) is 11.8 Å². The van der Waals surface area contributed by atoms with Crippen LogP contribution in [0.25, 0.3) is 11.0 Å². The molecular formula is C14H17BrFN3. The average Bonchev–Trinajstić information content (AvgIpc) is 2.82. The van der Waals surface area contributed by atoms with Crippen LogP contribution in [0.4, 0.5) is 10.3 Å². The number of nitrogens with two attached hydrogens (primary N) is 1. The first-order valence-corrected chi connectivity index (χ1v) is 7.40. The van der Waals surface area contributed by atoms with Gasteiger partial charge in [0.2, 0.25) is 5.95 Å². The standard InChI is InChI=1S/C14H17BrFN3/c1-7-3-4-12(8(7)2)19-13-5-9(15)10(16)6-11(13)18-14(19)17/h5-8,12H,3-4H2,1-2H3,(H2,17,18). The number of halogens is 2. The highest BCUT2D eigenvalue weighted by Gasteiger charge is 2.33. The lowest BCUT2D eigenvalue weighted by atomic mass is 9.97. The van der Waals surface area contributed by atoms with Gasteiger partial charge >= 0.3 is 0 Å². The second-order valence-electron chi connectivity index (χ2n) is 5.58. The van der Waals surface area contributed by atoms with Crippen LogP contribution in [0.1, 0.15) is 32.7 Å². The van der Waals surface area contributed by atoms with Gasteiger partial charge in [0.1, 0.15) is 5.82 Å². The molecule has 0 aliphatic heterocycles. The predicted molar refractivity (Wildman–Crippen MR) is 78.4 cm³/mol. The number of imidazole rings is 1. The number of rotatable bonds is 1. The molecule has 1 fully saturated rings. The van der Waals surface area contributed by atoms with Crippen molar-refractivity contribution in [3.8, 4) is 0 Å². The maximum Gasteiger partial charge on any atom is 0.201 e. The van der Waals surface area contributed by atoms with E-state index in [0.717, 1.165) is 11.9 Å². The molecule has 3 nitrogen and oxygen atoms in total. The van der Waals surface area contributed by atoms with Crippen LogP contribution in [0.3, 0.4) is 0 Å². The van der Waals surface area contributed by atoms with Gasteiger partial charge in [0.05, 0.1) is 15.5 Å². The van der Waals surface area contributed by atoms with E-state index in [0.29, 0.717) is 33.8 Å². The summed E-state index contributed by atoms with van der Waals surface area (Å²) in [6.07, 6.45) is 2.31. The minimum absolute atomic E-state index is 0.301. The third kappa shape index (κ3) is 1.95. The minimum Gasteiger partial charge on any atom is -0.369 e.